The molecule has 6 nitrogen and oxygen atoms in total. The minimum absolute atomic E-state index is 0.0902. The molecule has 1 heterocycles. The molecule has 2 rings (SSSR count). The number of rotatable bonds is 2. The van der Waals surface area contributed by atoms with Crippen molar-refractivity contribution >= 4 is 11.8 Å². The summed E-state index contributed by atoms with van der Waals surface area (Å²) in [6.45, 7) is 7.73. The molecule has 6 heteroatoms. The van der Waals surface area contributed by atoms with Crippen molar-refractivity contribution in [2.45, 2.75) is 33.1 Å². The Bertz CT molecular complexity index is 806. The summed E-state index contributed by atoms with van der Waals surface area (Å²) < 4.78 is 0. The van der Waals surface area contributed by atoms with Crippen molar-refractivity contribution in [2.24, 2.45) is 0 Å². The number of nitrogens with two attached hydrogens (primary N) is 1. The van der Waals surface area contributed by atoms with Crippen LogP contribution in [-0.4, -0.2) is 21.0 Å². The van der Waals surface area contributed by atoms with Crippen molar-refractivity contribution in [1.29, 1.82) is 5.26 Å². The average molecular weight is 310 g/mol. The van der Waals surface area contributed by atoms with E-state index in [1.54, 1.807) is 19.1 Å². The zero-order valence-corrected chi connectivity index (χ0v) is 13.5. The summed E-state index contributed by atoms with van der Waals surface area (Å²) in [4.78, 5) is 19.4. The summed E-state index contributed by atoms with van der Waals surface area (Å²) in [5, 5.41) is 18.5. The van der Waals surface area contributed by atoms with Crippen molar-refractivity contribution in [3.63, 3.8) is 0 Å². The maximum absolute atomic E-state index is 11.2. The summed E-state index contributed by atoms with van der Waals surface area (Å²) in [6, 6.07) is 7.63. The van der Waals surface area contributed by atoms with E-state index in [0.717, 1.165) is 5.56 Å². The second-order valence-corrected chi connectivity index (χ2v) is 6.32. The van der Waals surface area contributed by atoms with E-state index in [4.69, 9.17) is 10.8 Å². The van der Waals surface area contributed by atoms with E-state index in [9.17, 15) is 10.1 Å². The van der Waals surface area contributed by atoms with Gasteiger partial charge in [0.1, 0.15) is 11.4 Å². The fraction of sp³-hybridized carbons (Fsp3) is 0.294. The molecule has 0 unspecified atom stereocenters. The van der Waals surface area contributed by atoms with Crippen LogP contribution in [0.5, 0.6) is 0 Å². The van der Waals surface area contributed by atoms with Gasteiger partial charge >= 0.3 is 5.97 Å². The van der Waals surface area contributed by atoms with Gasteiger partial charge in [0.15, 0.2) is 5.82 Å². The molecule has 0 radical (unpaired) electrons. The highest BCUT2D eigenvalue weighted by atomic mass is 16.4. The lowest BCUT2D eigenvalue weighted by molar-refractivity contribution is 0.0696. The largest absolute Gasteiger partial charge is 0.477 e. The van der Waals surface area contributed by atoms with Crippen LogP contribution in [0.1, 0.15) is 48.0 Å². The van der Waals surface area contributed by atoms with Gasteiger partial charge in [0.2, 0.25) is 0 Å². The summed E-state index contributed by atoms with van der Waals surface area (Å²) in [5.74, 6) is -1.03. The first-order valence-electron chi connectivity index (χ1n) is 7.07. The molecule has 0 saturated heterocycles. The topological polar surface area (TPSA) is 113 Å². The second-order valence-electron chi connectivity index (χ2n) is 6.32. The molecule has 0 fully saturated rings. The van der Waals surface area contributed by atoms with Crippen LogP contribution in [-0.2, 0) is 5.41 Å². The highest BCUT2D eigenvalue weighted by Crippen LogP contribution is 2.29. The smallest absolute Gasteiger partial charge is 0.341 e. The number of benzene rings is 1. The van der Waals surface area contributed by atoms with Gasteiger partial charge in [0.25, 0.3) is 0 Å². The quantitative estimate of drug-likeness (QED) is 0.881. The lowest BCUT2D eigenvalue weighted by Gasteiger charge is -2.20. The highest BCUT2D eigenvalue weighted by Gasteiger charge is 2.20. The number of aromatic carboxylic acids is 1. The molecule has 118 valence electrons. The molecule has 0 amide bonds. The first-order valence-corrected chi connectivity index (χ1v) is 7.07. The lowest BCUT2D eigenvalue weighted by Crippen LogP contribution is -2.12. The van der Waals surface area contributed by atoms with Crippen molar-refractivity contribution < 1.29 is 9.90 Å². The molecule has 23 heavy (non-hydrogen) atoms. The van der Waals surface area contributed by atoms with Crippen LogP contribution in [0.25, 0.3) is 11.4 Å². The van der Waals surface area contributed by atoms with Crippen molar-refractivity contribution in [3.8, 4) is 17.5 Å². The Morgan fingerprint density at radius 1 is 1.30 bits per heavy atom. The number of carbonyl (C=O) groups is 1. The van der Waals surface area contributed by atoms with Crippen LogP contribution in [0, 0.1) is 18.3 Å². The molecule has 1 aromatic heterocycles. The summed E-state index contributed by atoms with van der Waals surface area (Å²) in [6.07, 6.45) is 0. The van der Waals surface area contributed by atoms with Gasteiger partial charge < -0.3 is 10.8 Å². The third kappa shape index (κ3) is 3.14. The van der Waals surface area contributed by atoms with Crippen molar-refractivity contribution in [1.82, 2.24) is 9.97 Å². The second kappa shape index (κ2) is 5.69. The number of hydrogen-bond donors (Lipinski definition) is 2. The Morgan fingerprint density at radius 2 is 1.96 bits per heavy atom. The van der Waals surface area contributed by atoms with E-state index in [-0.39, 0.29) is 28.3 Å². The summed E-state index contributed by atoms with van der Waals surface area (Å²) >= 11 is 0. The molecule has 0 aliphatic heterocycles. The SMILES string of the molecule is Cc1nc(-c2ccc(C(C)(C)C)cc2C#N)nc(N)c1C(=O)O. The Morgan fingerprint density at radius 3 is 2.43 bits per heavy atom. The van der Waals surface area contributed by atoms with Crippen LogP contribution in [0.2, 0.25) is 0 Å². The normalized spacial score (nSPS) is 11.1. The minimum atomic E-state index is -1.17. The van der Waals surface area contributed by atoms with Crippen LogP contribution >= 0.6 is 0 Å². The van der Waals surface area contributed by atoms with Gasteiger partial charge in [-0.05, 0) is 30.0 Å². The van der Waals surface area contributed by atoms with Crippen LogP contribution in [0.3, 0.4) is 0 Å². The van der Waals surface area contributed by atoms with Crippen LogP contribution in [0.15, 0.2) is 18.2 Å². The number of aromatic nitrogens is 2. The van der Waals surface area contributed by atoms with E-state index in [1.807, 2.05) is 6.07 Å². The van der Waals surface area contributed by atoms with Gasteiger partial charge in [0, 0.05) is 5.56 Å². The third-order valence-electron chi connectivity index (χ3n) is 3.58. The Balaban J connectivity index is 2.64. The van der Waals surface area contributed by atoms with E-state index in [1.165, 1.54) is 0 Å². The molecule has 3 N–H and O–H groups in total. The van der Waals surface area contributed by atoms with Gasteiger partial charge in [-0.15, -0.1) is 0 Å². The molecule has 0 spiro atoms. The maximum Gasteiger partial charge on any atom is 0.341 e. The highest BCUT2D eigenvalue weighted by molar-refractivity contribution is 5.94. The number of carboxylic acid groups (broad SMARTS) is 1. The zero-order valence-electron chi connectivity index (χ0n) is 13.5. The van der Waals surface area contributed by atoms with Gasteiger partial charge in [-0.25, -0.2) is 14.8 Å². The Labute approximate surface area is 134 Å². The molecule has 0 atom stereocenters. The summed E-state index contributed by atoms with van der Waals surface area (Å²) in [7, 11) is 0. The average Bonchev–Trinajstić information content (AvgIpc) is 2.44. The van der Waals surface area contributed by atoms with Crippen molar-refractivity contribution in [3.05, 3.63) is 40.6 Å². The van der Waals surface area contributed by atoms with Gasteiger partial charge in [0.05, 0.1) is 17.3 Å². The predicted molar refractivity (Wildman–Crippen MR) is 87.0 cm³/mol. The molecular formula is C17H18N4O2. The number of nitrogen functional groups attached to an aromatic ring is 1. The maximum atomic E-state index is 11.2. The summed E-state index contributed by atoms with van der Waals surface area (Å²) in [5.41, 5.74) is 7.78. The number of hydrogen-bond acceptors (Lipinski definition) is 5. The molecule has 0 bridgehead atoms. The fourth-order valence-corrected chi connectivity index (χ4v) is 2.28. The standard InChI is InChI=1S/C17H18N4O2/c1-9-13(16(22)23)14(19)21-15(20-9)12-6-5-11(17(2,3)4)7-10(12)8-18/h5-7H,1-4H3,(H,22,23)(H2,19,20,21). The Kier molecular flexibility index (Phi) is 4.06. The molecule has 0 aliphatic carbocycles. The number of aryl methyl sites for hydroxylation is 1. The monoisotopic (exact) mass is 310 g/mol. The number of nitrogens with zero attached hydrogens (tertiary/aromatic N) is 3. The number of carboxylic acids is 1. The predicted octanol–water partition coefficient (Wildman–Crippen LogP) is 2.90. The number of nitriles is 1. The molecular weight excluding hydrogens is 292 g/mol. The van der Waals surface area contributed by atoms with E-state index in [0.29, 0.717) is 11.1 Å². The van der Waals surface area contributed by atoms with Gasteiger partial charge in [-0.1, -0.05) is 26.8 Å². The molecule has 1 aromatic carbocycles. The first-order chi connectivity index (χ1) is 10.6. The fourth-order valence-electron chi connectivity index (χ4n) is 2.28. The minimum Gasteiger partial charge on any atom is -0.477 e. The van der Waals surface area contributed by atoms with Crippen LogP contribution in [0.4, 0.5) is 5.82 Å². The molecule has 0 saturated carbocycles. The molecule has 0 aliphatic rings. The van der Waals surface area contributed by atoms with E-state index >= 15 is 0 Å². The third-order valence-corrected chi connectivity index (χ3v) is 3.58. The number of anilines is 1. The first kappa shape index (κ1) is 16.4. The Hall–Kier alpha value is -2.94. The molecule has 2 aromatic rings. The zero-order chi connectivity index (χ0) is 17.4. The van der Waals surface area contributed by atoms with Crippen LogP contribution < -0.4 is 5.73 Å². The van der Waals surface area contributed by atoms with Gasteiger partial charge in [-0.3, -0.25) is 0 Å². The van der Waals surface area contributed by atoms with Crippen molar-refractivity contribution in [2.75, 3.05) is 5.73 Å². The van der Waals surface area contributed by atoms with E-state index in [2.05, 4.69) is 36.8 Å². The van der Waals surface area contributed by atoms with Gasteiger partial charge in [-0.2, -0.15) is 5.26 Å². The van der Waals surface area contributed by atoms with E-state index < -0.39 is 5.97 Å². The lowest BCUT2D eigenvalue weighted by atomic mass is 9.85.